The normalized spacial score (nSPS) is 15.5. The summed E-state index contributed by atoms with van der Waals surface area (Å²) >= 11 is 1.68. The molecule has 6 heteroatoms. The quantitative estimate of drug-likeness (QED) is 0.835. The number of thiophene rings is 1. The monoisotopic (exact) mass is 346 g/mol. The van der Waals surface area contributed by atoms with Gasteiger partial charge in [-0.25, -0.2) is 0 Å². The van der Waals surface area contributed by atoms with Gasteiger partial charge in [-0.1, -0.05) is 6.07 Å². The standard InChI is InChI=1S/C18H22N2O3S/c1-2-19(13-15-5-4-12-24-15)17(21)14-7-9-20(10-8-14)18(22)16-6-3-11-23-16/h3-6,11-12,14H,2,7-10,13H2,1H3. The number of rotatable bonds is 5. The number of hydrogen-bond donors (Lipinski definition) is 0. The van der Waals surface area contributed by atoms with Crippen molar-refractivity contribution in [3.05, 3.63) is 46.5 Å². The lowest BCUT2D eigenvalue weighted by molar-refractivity contribution is -0.137. The molecule has 1 saturated heterocycles. The second-order valence-electron chi connectivity index (χ2n) is 5.98. The van der Waals surface area contributed by atoms with Gasteiger partial charge in [-0.2, -0.15) is 0 Å². The van der Waals surface area contributed by atoms with Crippen molar-refractivity contribution in [2.45, 2.75) is 26.3 Å². The van der Waals surface area contributed by atoms with E-state index in [0.29, 0.717) is 44.8 Å². The Labute approximate surface area is 145 Å². The molecule has 0 atom stereocenters. The van der Waals surface area contributed by atoms with Crippen molar-refractivity contribution >= 4 is 23.2 Å². The van der Waals surface area contributed by atoms with Crippen LogP contribution in [-0.4, -0.2) is 41.2 Å². The highest BCUT2D eigenvalue weighted by Crippen LogP contribution is 2.23. The van der Waals surface area contributed by atoms with E-state index in [0.717, 1.165) is 0 Å². The van der Waals surface area contributed by atoms with Gasteiger partial charge in [0, 0.05) is 30.4 Å². The van der Waals surface area contributed by atoms with Gasteiger partial charge in [-0.3, -0.25) is 9.59 Å². The fourth-order valence-electron chi connectivity index (χ4n) is 3.08. The molecule has 1 fully saturated rings. The third kappa shape index (κ3) is 3.70. The fraction of sp³-hybridized carbons (Fsp3) is 0.444. The molecule has 128 valence electrons. The van der Waals surface area contributed by atoms with Crippen molar-refractivity contribution in [2.24, 2.45) is 5.92 Å². The summed E-state index contributed by atoms with van der Waals surface area (Å²) < 4.78 is 5.17. The smallest absolute Gasteiger partial charge is 0.289 e. The van der Waals surface area contributed by atoms with Crippen LogP contribution in [0.25, 0.3) is 0 Å². The van der Waals surface area contributed by atoms with Crippen LogP contribution in [0.2, 0.25) is 0 Å². The maximum absolute atomic E-state index is 12.8. The van der Waals surface area contributed by atoms with Crippen LogP contribution in [0.3, 0.4) is 0 Å². The molecule has 2 amide bonds. The average molecular weight is 346 g/mol. The third-order valence-electron chi connectivity index (χ3n) is 4.48. The molecule has 5 nitrogen and oxygen atoms in total. The molecule has 0 spiro atoms. The molecule has 0 N–H and O–H groups in total. The number of carbonyl (C=O) groups is 2. The Bertz CT molecular complexity index is 659. The Kier molecular flexibility index (Phi) is 5.35. The second-order valence-corrected chi connectivity index (χ2v) is 7.01. The highest BCUT2D eigenvalue weighted by Gasteiger charge is 2.30. The first-order valence-electron chi connectivity index (χ1n) is 8.33. The molecule has 24 heavy (non-hydrogen) atoms. The summed E-state index contributed by atoms with van der Waals surface area (Å²) in [5, 5.41) is 2.03. The lowest BCUT2D eigenvalue weighted by Crippen LogP contribution is -2.44. The number of nitrogens with zero attached hydrogens (tertiary/aromatic N) is 2. The van der Waals surface area contributed by atoms with Gasteiger partial charge in [0.1, 0.15) is 0 Å². The summed E-state index contributed by atoms with van der Waals surface area (Å²) in [5.41, 5.74) is 0. The van der Waals surface area contributed by atoms with Crippen LogP contribution in [0.5, 0.6) is 0 Å². The largest absolute Gasteiger partial charge is 0.459 e. The van der Waals surface area contributed by atoms with Crippen LogP contribution in [-0.2, 0) is 11.3 Å². The van der Waals surface area contributed by atoms with Crippen molar-refractivity contribution in [2.75, 3.05) is 19.6 Å². The summed E-state index contributed by atoms with van der Waals surface area (Å²) in [4.78, 5) is 29.9. The minimum Gasteiger partial charge on any atom is -0.459 e. The first kappa shape index (κ1) is 16.8. The molecular weight excluding hydrogens is 324 g/mol. The average Bonchev–Trinajstić information content (AvgIpc) is 3.32. The molecule has 3 rings (SSSR count). The Hall–Kier alpha value is -2.08. The lowest BCUT2D eigenvalue weighted by Gasteiger charge is -2.33. The van der Waals surface area contributed by atoms with Crippen molar-refractivity contribution in [1.29, 1.82) is 0 Å². The van der Waals surface area contributed by atoms with E-state index in [1.54, 1.807) is 28.4 Å². The van der Waals surface area contributed by atoms with E-state index in [1.165, 1.54) is 11.1 Å². The molecule has 0 bridgehead atoms. The fourth-order valence-corrected chi connectivity index (χ4v) is 3.80. The number of furan rings is 1. The first-order valence-corrected chi connectivity index (χ1v) is 9.21. The van der Waals surface area contributed by atoms with E-state index in [4.69, 9.17) is 4.42 Å². The molecule has 0 unspecified atom stereocenters. The summed E-state index contributed by atoms with van der Waals surface area (Å²) in [5.74, 6) is 0.492. The topological polar surface area (TPSA) is 53.8 Å². The van der Waals surface area contributed by atoms with Crippen LogP contribution in [0.4, 0.5) is 0 Å². The van der Waals surface area contributed by atoms with Gasteiger partial charge in [0.15, 0.2) is 5.76 Å². The summed E-state index contributed by atoms with van der Waals surface area (Å²) in [6.45, 7) is 4.61. The molecule has 1 aliphatic rings. The van der Waals surface area contributed by atoms with Gasteiger partial charge in [-0.05, 0) is 43.3 Å². The zero-order valence-electron chi connectivity index (χ0n) is 13.8. The van der Waals surface area contributed by atoms with Gasteiger partial charge < -0.3 is 14.2 Å². The molecule has 0 radical (unpaired) electrons. The van der Waals surface area contributed by atoms with Crippen molar-refractivity contribution in [3.63, 3.8) is 0 Å². The number of carbonyl (C=O) groups excluding carboxylic acids is 2. The Morgan fingerprint density at radius 3 is 2.67 bits per heavy atom. The van der Waals surface area contributed by atoms with E-state index < -0.39 is 0 Å². The highest BCUT2D eigenvalue weighted by molar-refractivity contribution is 7.09. The van der Waals surface area contributed by atoms with E-state index in [9.17, 15) is 9.59 Å². The lowest BCUT2D eigenvalue weighted by atomic mass is 9.95. The van der Waals surface area contributed by atoms with E-state index >= 15 is 0 Å². The molecule has 3 heterocycles. The maximum Gasteiger partial charge on any atom is 0.289 e. The van der Waals surface area contributed by atoms with Gasteiger partial charge in [0.2, 0.25) is 5.91 Å². The molecule has 2 aromatic heterocycles. The predicted molar refractivity (Wildman–Crippen MR) is 92.7 cm³/mol. The number of likely N-dealkylation sites (tertiary alicyclic amines) is 1. The van der Waals surface area contributed by atoms with E-state index in [1.807, 2.05) is 23.3 Å². The predicted octanol–water partition coefficient (Wildman–Crippen LogP) is 3.24. The zero-order valence-corrected chi connectivity index (χ0v) is 14.6. The molecule has 0 aromatic carbocycles. The number of amides is 2. The molecule has 0 saturated carbocycles. The van der Waals surface area contributed by atoms with Crippen molar-refractivity contribution < 1.29 is 14.0 Å². The minimum absolute atomic E-state index is 0.00515. The second kappa shape index (κ2) is 7.66. The van der Waals surface area contributed by atoms with Gasteiger partial charge in [0.05, 0.1) is 12.8 Å². The van der Waals surface area contributed by atoms with Crippen LogP contribution in [0.1, 0.15) is 35.2 Å². The summed E-state index contributed by atoms with van der Waals surface area (Å²) in [7, 11) is 0. The Morgan fingerprint density at radius 1 is 1.29 bits per heavy atom. The molecule has 1 aliphatic heterocycles. The Morgan fingerprint density at radius 2 is 2.08 bits per heavy atom. The maximum atomic E-state index is 12.8. The van der Waals surface area contributed by atoms with Gasteiger partial charge in [-0.15, -0.1) is 11.3 Å². The zero-order chi connectivity index (χ0) is 16.9. The van der Waals surface area contributed by atoms with Gasteiger partial charge >= 0.3 is 0 Å². The van der Waals surface area contributed by atoms with Crippen molar-refractivity contribution in [1.82, 2.24) is 9.80 Å². The number of piperidine rings is 1. The van der Waals surface area contributed by atoms with Crippen LogP contribution in [0, 0.1) is 5.92 Å². The molecule has 2 aromatic rings. The minimum atomic E-state index is -0.0863. The molecular formula is C18H22N2O3S. The van der Waals surface area contributed by atoms with Crippen molar-refractivity contribution in [3.8, 4) is 0 Å². The number of hydrogen-bond acceptors (Lipinski definition) is 4. The van der Waals surface area contributed by atoms with E-state index in [2.05, 4.69) is 6.07 Å². The van der Waals surface area contributed by atoms with Gasteiger partial charge in [0.25, 0.3) is 5.91 Å². The highest BCUT2D eigenvalue weighted by atomic mass is 32.1. The summed E-state index contributed by atoms with van der Waals surface area (Å²) in [6.07, 6.45) is 2.94. The SMILES string of the molecule is CCN(Cc1cccs1)C(=O)C1CCN(C(=O)c2ccco2)CC1. The van der Waals surface area contributed by atoms with E-state index in [-0.39, 0.29) is 17.7 Å². The Balaban J connectivity index is 1.55. The van der Waals surface area contributed by atoms with Crippen LogP contribution >= 0.6 is 11.3 Å². The summed E-state index contributed by atoms with van der Waals surface area (Å²) in [6, 6.07) is 7.47. The van der Waals surface area contributed by atoms with Crippen LogP contribution < -0.4 is 0 Å². The first-order chi connectivity index (χ1) is 11.7. The molecule has 0 aliphatic carbocycles. The third-order valence-corrected chi connectivity index (χ3v) is 5.34. The van der Waals surface area contributed by atoms with Crippen LogP contribution in [0.15, 0.2) is 40.3 Å².